The summed E-state index contributed by atoms with van der Waals surface area (Å²) in [6.45, 7) is 0. The zero-order valence-electron chi connectivity index (χ0n) is 38.2. The van der Waals surface area contributed by atoms with Gasteiger partial charge < -0.3 is 9.80 Å². The second kappa shape index (κ2) is 16.9. The molecule has 0 N–H and O–H groups in total. The van der Waals surface area contributed by atoms with Gasteiger partial charge in [-0.2, -0.15) is 0 Å². The van der Waals surface area contributed by atoms with Crippen LogP contribution in [0, 0.1) is 0 Å². The van der Waals surface area contributed by atoms with Crippen LogP contribution in [0.1, 0.15) is 34.6 Å². The first-order chi connectivity index (χ1) is 34.2. The van der Waals surface area contributed by atoms with Crippen molar-refractivity contribution in [3.8, 4) is 44.5 Å². The van der Waals surface area contributed by atoms with Crippen molar-refractivity contribution in [1.82, 2.24) is 0 Å². The van der Waals surface area contributed by atoms with Crippen LogP contribution in [0.3, 0.4) is 0 Å². The quantitative estimate of drug-likeness (QED) is 0.143. The van der Waals surface area contributed by atoms with E-state index in [0.717, 1.165) is 40.5 Å². The highest BCUT2D eigenvalue weighted by atomic mass is 15.2. The second-order valence-corrected chi connectivity index (χ2v) is 18.3. The highest BCUT2D eigenvalue weighted by molar-refractivity contribution is 5.99. The van der Waals surface area contributed by atoms with Gasteiger partial charge in [-0.25, -0.2) is 0 Å². The maximum Gasteiger partial charge on any atom is 0.0686 e. The number of fused-ring (bicyclic) bond motifs is 10. The Bertz CT molecular complexity index is 3460. The van der Waals surface area contributed by atoms with Crippen molar-refractivity contribution in [3.63, 3.8) is 0 Å². The largest absolute Gasteiger partial charge is 0.311 e. The van der Waals surface area contributed by atoms with Crippen molar-refractivity contribution in [2.75, 3.05) is 9.80 Å². The standard InChI is InChI=1S/C67H48N2/c1-4-17-47(18-5-1)50-31-37-53(38-32-50)68(54-39-33-51(34-40-54)48-19-6-2-7-20-48)55-43-45-57(46-44-55)69(56-41-35-52(36-42-56)49-21-8-3-9-22-49)65-30-16-29-64-66(65)60-25-12-15-28-63(60)67(64)61-26-13-10-23-58(61)59-24-11-14-27-62(59)67/h1-23,25-46,59H,24H2. The number of benzene rings is 10. The fraction of sp³-hybridized carbons (Fsp3) is 0.0448. The van der Waals surface area contributed by atoms with Gasteiger partial charge in [-0.05, 0) is 140 Å². The third kappa shape index (κ3) is 6.71. The van der Waals surface area contributed by atoms with Crippen LogP contribution < -0.4 is 9.80 Å². The highest BCUT2D eigenvalue weighted by Crippen LogP contribution is 2.66. The molecular weight excluding hydrogens is 833 g/mol. The minimum Gasteiger partial charge on any atom is -0.311 e. The lowest BCUT2D eigenvalue weighted by Gasteiger charge is -2.33. The Kier molecular flexibility index (Phi) is 9.91. The molecule has 10 aromatic rings. The van der Waals surface area contributed by atoms with Gasteiger partial charge in [0.05, 0.1) is 11.1 Å². The van der Waals surface area contributed by atoms with Crippen LogP contribution >= 0.6 is 0 Å². The van der Waals surface area contributed by atoms with Crippen molar-refractivity contribution in [3.05, 3.63) is 301 Å². The van der Waals surface area contributed by atoms with Crippen molar-refractivity contribution in [2.24, 2.45) is 0 Å². The molecule has 2 atom stereocenters. The Morgan fingerprint density at radius 2 is 0.739 bits per heavy atom. The van der Waals surface area contributed by atoms with E-state index in [-0.39, 0.29) is 5.41 Å². The summed E-state index contributed by atoms with van der Waals surface area (Å²) in [7, 11) is 0. The van der Waals surface area contributed by atoms with E-state index in [1.165, 1.54) is 72.3 Å². The molecule has 0 fully saturated rings. The first-order valence-corrected chi connectivity index (χ1v) is 24.1. The van der Waals surface area contributed by atoms with Crippen LogP contribution in [0.4, 0.5) is 34.1 Å². The molecule has 0 saturated heterocycles. The zero-order chi connectivity index (χ0) is 45.7. The maximum absolute atomic E-state index is 2.48. The maximum atomic E-state index is 2.48. The first-order valence-electron chi connectivity index (χ1n) is 24.1. The molecule has 2 unspecified atom stereocenters. The second-order valence-electron chi connectivity index (χ2n) is 18.3. The smallest absolute Gasteiger partial charge is 0.0686 e. The molecule has 0 aromatic heterocycles. The molecule has 0 amide bonds. The van der Waals surface area contributed by atoms with E-state index in [0.29, 0.717) is 5.92 Å². The van der Waals surface area contributed by atoms with E-state index in [9.17, 15) is 0 Å². The number of hydrogen-bond donors (Lipinski definition) is 0. The minimum absolute atomic E-state index is 0.343. The normalized spacial score (nSPS) is 16.0. The van der Waals surface area contributed by atoms with Gasteiger partial charge in [0.1, 0.15) is 0 Å². The van der Waals surface area contributed by atoms with Crippen LogP contribution in [0.5, 0.6) is 0 Å². The number of anilines is 6. The van der Waals surface area contributed by atoms with Crippen molar-refractivity contribution in [1.29, 1.82) is 0 Å². The summed E-state index contributed by atoms with van der Waals surface area (Å²) in [5.74, 6) is 0.343. The van der Waals surface area contributed by atoms with Crippen LogP contribution in [0.15, 0.2) is 279 Å². The molecule has 13 rings (SSSR count). The summed E-state index contributed by atoms with van der Waals surface area (Å²) in [6, 6.07) is 93.5. The Hall–Kier alpha value is -8.72. The minimum atomic E-state index is -0.382. The Labute approximate surface area is 405 Å². The number of hydrogen-bond acceptors (Lipinski definition) is 2. The third-order valence-electron chi connectivity index (χ3n) is 14.7. The molecule has 0 radical (unpaired) electrons. The van der Waals surface area contributed by atoms with Gasteiger partial charge in [0.15, 0.2) is 0 Å². The molecule has 1 spiro atoms. The molecule has 0 bridgehead atoms. The van der Waals surface area contributed by atoms with Crippen LogP contribution in [-0.2, 0) is 5.41 Å². The predicted octanol–water partition coefficient (Wildman–Crippen LogP) is 17.9. The highest BCUT2D eigenvalue weighted by Gasteiger charge is 2.55. The summed E-state index contributed by atoms with van der Waals surface area (Å²) in [4.78, 5) is 4.85. The van der Waals surface area contributed by atoms with E-state index in [4.69, 9.17) is 0 Å². The van der Waals surface area contributed by atoms with Gasteiger partial charge in [0, 0.05) is 39.9 Å². The van der Waals surface area contributed by atoms with Crippen molar-refractivity contribution in [2.45, 2.75) is 17.8 Å². The summed E-state index contributed by atoms with van der Waals surface area (Å²) < 4.78 is 0. The lowest BCUT2D eigenvalue weighted by atomic mass is 9.69. The van der Waals surface area contributed by atoms with Gasteiger partial charge >= 0.3 is 0 Å². The zero-order valence-corrected chi connectivity index (χ0v) is 38.2. The molecule has 69 heavy (non-hydrogen) atoms. The summed E-state index contributed by atoms with van der Waals surface area (Å²) in [5.41, 5.74) is 23.0. The van der Waals surface area contributed by atoms with Gasteiger partial charge in [-0.3, -0.25) is 0 Å². The SMILES string of the molecule is C1=CCC2C(=C1)C1(c3ccccc3-c3c(N(c4ccc(-c5ccccc5)cc4)c4ccc(N(c5ccc(-c6ccccc6)cc5)c5ccc(-c6ccccc6)cc5)cc4)cccc31)c1ccccc12. The molecule has 2 nitrogen and oxygen atoms in total. The average Bonchev–Trinajstić information content (AvgIpc) is 3.91. The summed E-state index contributed by atoms with van der Waals surface area (Å²) in [6.07, 6.45) is 8.05. The number of rotatable bonds is 9. The summed E-state index contributed by atoms with van der Waals surface area (Å²) >= 11 is 0. The molecular formula is C67H48N2. The van der Waals surface area contributed by atoms with E-state index in [2.05, 4.69) is 283 Å². The Balaban J connectivity index is 0.971. The van der Waals surface area contributed by atoms with E-state index in [1.54, 1.807) is 0 Å². The summed E-state index contributed by atoms with van der Waals surface area (Å²) in [5, 5.41) is 0. The van der Waals surface area contributed by atoms with E-state index in [1.807, 2.05) is 0 Å². The van der Waals surface area contributed by atoms with E-state index < -0.39 is 0 Å². The van der Waals surface area contributed by atoms with Crippen LogP contribution in [-0.4, -0.2) is 0 Å². The third-order valence-corrected chi connectivity index (χ3v) is 14.7. The van der Waals surface area contributed by atoms with Gasteiger partial charge in [0.2, 0.25) is 0 Å². The average molecular weight is 881 g/mol. The van der Waals surface area contributed by atoms with E-state index >= 15 is 0 Å². The van der Waals surface area contributed by atoms with Crippen molar-refractivity contribution >= 4 is 34.1 Å². The lowest BCUT2D eigenvalue weighted by Crippen LogP contribution is -2.27. The Morgan fingerprint density at radius 3 is 1.26 bits per heavy atom. The number of nitrogens with zero attached hydrogens (tertiary/aromatic N) is 2. The van der Waals surface area contributed by atoms with Gasteiger partial charge in [-0.1, -0.05) is 206 Å². The molecule has 10 aromatic carbocycles. The molecule has 326 valence electrons. The fourth-order valence-corrected chi connectivity index (χ4v) is 11.6. The van der Waals surface area contributed by atoms with Gasteiger partial charge in [0.25, 0.3) is 0 Å². The van der Waals surface area contributed by atoms with Crippen LogP contribution in [0.25, 0.3) is 44.5 Å². The monoisotopic (exact) mass is 880 g/mol. The predicted molar refractivity (Wildman–Crippen MR) is 288 cm³/mol. The first kappa shape index (κ1) is 40.5. The molecule has 0 aliphatic heterocycles. The Morgan fingerprint density at radius 1 is 0.333 bits per heavy atom. The topological polar surface area (TPSA) is 6.48 Å². The molecule has 3 aliphatic carbocycles. The van der Waals surface area contributed by atoms with Crippen LogP contribution in [0.2, 0.25) is 0 Å². The molecule has 3 aliphatic rings. The molecule has 2 heteroatoms. The lowest BCUT2D eigenvalue weighted by molar-refractivity contribution is 0.708. The van der Waals surface area contributed by atoms with Gasteiger partial charge in [-0.15, -0.1) is 0 Å². The molecule has 0 saturated carbocycles. The number of allylic oxidation sites excluding steroid dienone is 4. The fourth-order valence-electron chi connectivity index (χ4n) is 11.6. The molecule has 0 heterocycles. The van der Waals surface area contributed by atoms with Crippen molar-refractivity contribution < 1.29 is 0 Å².